The second-order valence-corrected chi connectivity index (χ2v) is 18.5. The summed E-state index contributed by atoms with van der Waals surface area (Å²) in [5.41, 5.74) is -5.89. The Balaban J connectivity index is 1.57. The van der Waals surface area contributed by atoms with E-state index in [9.17, 15) is 9.59 Å². The van der Waals surface area contributed by atoms with Crippen LogP contribution in [0.4, 0.5) is 48.0 Å². The van der Waals surface area contributed by atoms with E-state index >= 15 is 22.0 Å². The molecule has 12 nitrogen and oxygen atoms in total. The second kappa shape index (κ2) is 15.5. The van der Waals surface area contributed by atoms with Crippen LogP contribution in [-0.4, -0.2) is 94.1 Å². The van der Waals surface area contributed by atoms with Crippen LogP contribution < -0.4 is 15.0 Å². The van der Waals surface area contributed by atoms with E-state index in [2.05, 4.69) is 25.0 Å². The molecule has 318 valence electrons. The molecule has 4 heterocycles. The predicted molar refractivity (Wildman–Crippen MR) is 216 cm³/mol. The van der Waals surface area contributed by atoms with Gasteiger partial charge in [-0.1, -0.05) is 6.07 Å². The molecule has 2 aromatic carbocycles. The molecular weight excluding hydrogens is 798 g/mol. The Morgan fingerprint density at radius 1 is 1.03 bits per heavy atom. The maximum atomic E-state index is 17.5. The van der Waals surface area contributed by atoms with Crippen LogP contribution >= 0.6 is 11.3 Å². The van der Waals surface area contributed by atoms with Crippen molar-refractivity contribution in [2.75, 3.05) is 43.5 Å². The van der Waals surface area contributed by atoms with E-state index in [4.69, 9.17) is 20.8 Å². The number of carbonyl (C=O) groups is 2. The number of anilines is 2. The van der Waals surface area contributed by atoms with E-state index in [-0.39, 0.29) is 52.0 Å². The van der Waals surface area contributed by atoms with Crippen molar-refractivity contribution >= 4 is 61.0 Å². The highest BCUT2D eigenvalue weighted by molar-refractivity contribution is 7.24. The first-order chi connectivity index (χ1) is 27.3. The number of rotatable bonds is 6. The molecule has 2 aliphatic heterocycles. The molecule has 2 fully saturated rings. The summed E-state index contributed by atoms with van der Waals surface area (Å²) >= 11 is 0.611. The molecule has 2 amide bonds. The number of nitrogens with one attached hydrogen (secondary N) is 1. The summed E-state index contributed by atoms with van der Waals surface area (Å²) < 4.78 is 95.9. The summed E-state index contributed by atoms with van der Waals surface area (Å²) in [6.07, 6.45) is -5.02. The van der Waals surface area contributed by atoms with Gasteiger partial charge in [0.2, 0.25) is 5.69 Å². The third-order valence-electron chi connectivity index (χ3n) is 10.5. The number of aromatic nitrogens is 2. The molecule has 1 N–H and O–H groups in total. The van der Waals surface area contributed by atoms with Crippen LogP contribution in [-0.2, 0) is 15.7 Å². The summed E-state index contributed by atoms with van der Waals surface area (Å²) in [6.45, 7) is 24.6. The Morgan fingerprint density at radius 2 is 1.71 bits per heavy atom. The fraction of sp³-hybridized carbons (Fsp3) is 0.537. The number of thiophene rings is 1. The van der Waals surface area contributed by atoms with Gasteiger partial charge in [-0.3, -0.25) is 10.2 Å². The van der Waals surface area contributed by atoms with E-state index in [0.29, 0.717) is 11.3 Å². The van der Waals surface area contributed by atoms with Crippen LogP contribution in [0.5, 0.6) is 6.01 Å². The average Bonchev–Trinajstić information content (AvgIpc) is 3.65. The van der Waals surface area contributed by atoms with Crippen LogP contribution in [0, 0.1) is 18.2 Å². The highest BCUT2D eigenvalue weighted by Gasteiger charge is 2.41. The normalized spacial score (nSPS) is 20.6. The number of halogens is 5. The Bertz CT molecular complexity index is 2350. The highest BCUT2D eigenvalue weighted by Crippen LogP contribution is 2.52. The number of amides is 2. The average molecular weight is 846 g/mol. The van der Waals surface area contributed by atoms with Crippen molar-refractivity contribution in [2.24, 2.45) is 0 Å². The molecule has 0 aliphatic carbocycles. The molecule has 59 heavy (non-hydrogen) atoms. The van der Waals surface area contributed by atoms with Crippen molar-refractivity contribution in [1.82, 2.24) is 19.8 Å². The van der Waals surface area contributed by atoms with Gasteiger partial charge in [-0.2, -0.15) is 23.1 Å². The van der Waals surface area contributed by atoms with Gasteiger partial charge in [-0.25, -0.2) is 23.2 Å². The van der Waals surface area contributed by atoms with Gasteiger partial charge in [0.25, 0.3) is 0 Å². The Kier molecular flexibility index (Phi) is 11.5. The van der Waals surface area contributed by atoms with Crippen LogP contribution in [0.25, 0.3) is 37.0 Å². The zero-order chi connectivity index (χ0) is 43.6. The molecule has 4 aromatic rings. The van der Waals surface area contributed by atoms with E-state index in [1.807, 2.05) is 14.0 Å². The summed E-state index contributed by atoms with van der Waals surface area (Å²) in [6, 6.07) is 1.29. The van der Waals surface area contributed by atoms with Crippen LogP contribution in [0.3, 0.4) is 0 Å². The molecule has 0 spiro atoms. The molecule has 2 saturated heterocycles. The number of alkyl halides is 3. The van der Waals surface area contributed by atoms with Crippen molar-refractivity contribution in [3.05, 3.63) is 46.8 Å². The van der Waals surface area contributed by atoms with E-state index in [0.717, 1.165) is 37.6 Å². The molecule has 18 heteroatoms. The first kappa shape index (κ1) is 43.6. The third kappa shape index (κ3) is 8.82. The van der Waals surface area contributed by atoms with Gasteiger partial charge in [0.1, 0.15) is 40.0 Å². The molecule has 0 saturated carbocycles. The first-order valence-corrected chi connectivity index (χ1v) is 20.0. The van der Waals surface area contributed by atoms with Crippen LogP contribution in [0.2, 0.25) is 0 Å². The van der Waals surface area contributed by atoms with Crippen LogP contribution in [0.15, 0.2) is 18.2 Å². The van der Waals surface area contributed by atoms with Crippen molar-refractivity contribution in [3.8, 4) is 17.1 Å². The standard InChI is InChI=1S/C41H48F5N7O5S/c1-21-19-53(37(55)58-39(6,7)8)22(2)18-52(21)33-24-17-25(41(44,45)46)27(29(43)30(24)48-35(49-33)56-20-40(9)15-12-16-51(40)11)23-13-14-26(42)32-28(23)31(47-10)34(59-32)50-36(54)57-38(3,4)5/h13-14,17,21-22H,12,15-16,18-20H2,1-9,11H3,(H,50,54)/t21-,22+,40-/m0/s1. The topological polar surface area (TPSA) is 114 Å². The van der Waals surface area contributed by atoms with Gasteiger partial charge >= 0.3 is 24.4 Å². The van der Waals surface area contributed by atoms with Gasteiger partial charge in [-0.15, -0.1) is 11.3 Å². The summed E-state index contributed by atoms with van der Waals surface area (Å²) in [4.78, 5) is 43.7. The van der Waals surface area contributed by atoms with Crippen molar-refractivity contribution < 1.29 is 45.8 Å². The second-order valence-electron chi connectivity index (χ2n) is 17.4. The molecule has 2 aromatic heterocycles. The zero-order valence-corrected chi connectivity index (χ0v) is 35.5. The maximum absolute atomic E-state index is 17.5. The number of carbonyl (C=O) groups excluding carboxylic acids is 2. The lowest BCUT2D eigenvalue weighted by Gasteiger charge is -2.45. The van der Waals surface area contributed by atoms with Crippen molar-refractivity contribution in [2.45, 2.75) is 110 Å². The largest absolute Gasteiger partial charge is 0.461 e. The maximum Gasteiger partial charge on any atom is 0.417 e. The molecule has 0 unspecified atom stereocenters. The van der Waals surface area contributed by atoms with Gasteiger partial charge in [-0.05, 0) is 106 Å². The van der Waals surface area contributed by atoms with Gasteiger partial charge < -0.3 is 24.0 Å². The Morgan fingerprint density at radius 3 is 2.31 bits per heavy atom. The van der Waals surface area contributed by atoms with Crippen LogP contribution in [0.1, 0.15) is 80.7 Å². The number of fused-ring (bicyclic) bond motifs is 2. The smallest absolute Gasteiger partial charge is 0.417 e. The summed E-state index contributed by atoms with van der Waals surface area (Å²) in [5.74, 6) is -2.35. The van der Waals surface area contributed by atoms with Gasteiger partial charge in [0, 0.05) is 41.5 Å². The van der Waals surface area contributed by atoms with Crippen molar-refractivity contribution in [1.29, 1.82) is 0 Å². The van der Waals surface area contributed by atoms with Gasteiger partial charge in [0.15, 0.2) is 5.82 Å². The molecule has 0 bridgehead atoms. The number of piperazine rings is 1. The summed E-state index contributed by atoms with van der Waals surface area (Å²) in [5, 5.41) is 1.61. The number of benzene rings is 2. The fourth-order valence-electron chi connectivity index (χ4n) is 7.47. The number of likely N-dealkylation sites (N-methyl/N-ethyl adjacent to an activating group) is 1. The molecular formula is C41H48F5N7O5S. The Hall–Kier alpha value is -5.02. The fourth-order valence-corrected chi connectivity index (χ4v) is 8.53. The van der Waals surface area contributed by atoms with E-state index in [1.54, 1.807) is 60.3 Å². The van der Waals surface area contributed by atoms with E-state index < -0.39 is 86.7 Å². The monoisotopic (exact) mass is 845 g/mol. The third-order valence-corrected chi connectivity index (χ3v) is 11.6. The minimum atomic E-state index is -5.18. The zero-order valence-electron chi connectivity index (χ0n) is 34.7. The SMILES string of the molecule is [C-]#[N+]c1c(NC(=O)OC(C)(C)C)sc2c(F)ccc(-c3c(C(F)(F)F)cc4c(N5C[C@@H](C)N(C(=O)OC(C)(C)C)C[C@@H]5C)nc(OC[C@]5(C)CCCN5C)nc4c3F)c12. The first-order valence-electron chi connectivity index (χ1n) is 19.2. The molecule has 0 radical (unpaired) electrons. The van der Waals surface area contributed by atoms with E-state index in [1.165, 1.54) is 4.90 Å². The molecule has 3 atom stereocenters. The van der Waals surface area contributed by atoms with Gasteiger partial charge in [0.05, 0.1) is 22.4 Å². The molecule has 6 rings (SSSR count). The lowest BCUT2D eigenvalue weighted by molar-refractivity contribution is -0.137. The molecule has 2 aliphatic rings. The minimum Gasteiger partial charge on any atom is -0.461 e. The number of hydrogen-bond acceptors (Lipinski definition) is 10. The minimum absolute atomic E-state index is 0.0421. The predicted octanol–water partition coefficient (Wildman–Crippen LogP) is 10.4. The lowest BCUT2D eigenvalue weighted by Crippen LogP contribution is -2.59. The number of ether oxygens (including phenoxy) is 3. The van der Waals surface area contributed by atoms with Crippen molar-refractivity contribution in [3.63, 3.8) is 0 Å². The lowest BCUT2D eigenvalue weighted by atomic mass is 9.93. The number of likely N-dealkylation sites (tertiary alicyclic amines) is 1. The summed E-state index contributed by atoms with van der Waals surface area (Å²) in [7, 11) is 1.95. The number of hydrogen-bond donors (Lipinski definition) is 1. The number of nitrogens with zero attached hydrogens (tertiary/aromatic N) is 6. The quantitative estimate of drug-likeness (QED) is 0.150. The Labute approximate surface area is 343 Å². The highest BCUT2D eigenvalue weighted by atomic mass is 32.1.